The van der Waals surface area contributed by atoms with Gasteiger partial charge in [0.25, 0.3) is 0 Å². The van der Waals surface area contributed by atoms with Crippen LogP contribution in [0.2, 0.25) is 0 Å². The van der Waals surface area contributed by atoms with E-state index in [2.05, 4.69) is 78.7 Å². The second-order valence-corrected chi connectivity index (χ2v) is 13.4. The summed E-state index contributed by atoms with van der Waals surface area (Å²) < 4.78 is 4.84. The van der Waals surface area contributed by atoms with Gasteiger partial charge in [-0.15, -0.1) is 0 Å². The van der Waals surface area contributed by atoms with E-state index in [1.165, 1.54) is 12.7 Å². The summed E-state index contributed by atoms with van der Waals surface area (Å²) in [5.74, 6) is -3.53. The van der Waals surface area contributed by atoms with E-state index in [0.29, 0.717) is 25.7 Å². The molecule has 2 rings (SSSR count). The van der Waals surface area contributed by atoms with E-state index in [4.69, 9.17) is 4.74 Å². The summed E-state index contributed by atoms with van der Waals surface area (Å²) in [6, 6.07) is 0. The maximum atomic E-state index is 12.4. The van der Waals surface area contributed by atoms with Gasteiger partial charge >= 0.3 is 0 Å². The average Bonchev–Trinajstić information content (AvgIpc) is 2.73. The molecule has 0 aromatic carbocycles. The predicted molar refractivity (Wildman–Crippen MR) is 145 cm³/mol. The standard InChI is InChI=1S/C24H42N2O4.C6H12O/c1-21(2)11-15(12-22(3,4)25(21)9)17(19(27)28)18(20(29)30)16-13-23(5,6)26(10)24(7,8)14-16;1-3-5-6-7-4-2/h15-16H,11-14H2,1-10H3,(H,27,28)(H,29,30);4H,2-3,5-6H2,1H3/p-2/b18-17+;. The number of carboxylic acid groups (broad SMARTS) is 2. The highest BCUT2D eigenvalue weighted by molar-refractivity contribution is 5.98. The molecule has 7 nitrogen and oxygen atoms in total. The fourth-order valence-electron chi connectivity index (χ4n) is 6.46. The molecule has 37 heavy (non-hydrogen) atoms. The summed E-state index contributed by atoms with van der Waals surface area (Å²) in [5, 5.41) is 24.8. The molecular formula is C30H52N2O5-2. The smallest absolute Gasteiger partial charge is 0.0872 e. The maximum absolute atomic E-state index is 12.4. The van der Waals surface area contributed by atoms with Gasteiger partial charge in [0, 0.05) is 22.2 Å². The molecule has 0 unspecified atom stereocenters. The molecule has 2 aliphatic rings. The third kappa shape index (κ3) is 8.06. The molecule has 2 fully saturated rings. The molecule has 0 radical (unpaired) electrons. The number of carboxylic acids is 2. The monoisotopic (exact) mass is 520 g/mol. The van der Waals surface area contributed by atoms with E-state index in [1.54, 1.807) is 0 Å². The molecule has 2 aliphatic heterocycles. The number of carbonyl (C=O) groups excluding carboxylic acids is 2. The van der Waals surface area contributed by atoms with Gasteiger partial charge in [0.15, 0.2) is 0 Å². The molecule has 0 spiro atoms. The van der Waals surface area contributed by atoms with Crippen molar-refractivity contribution in [1.82, 2.24) is 9.80 Å². The van der Waals surface area contributed by atoms with E-state index in [0.717, 1.165) is 13.0 Å². The molecule has 0 bridgehead atoms. The van der Waals surface area contributed by atoms with Crippen LogP contribution < -0.4 is 10.2 Å². The van der Waals surface area contributed by atoms with Crippen molar-refractivity contribution in [3.8, 4) is 0 Å². The first kappa shape index (κ1) is 33.2. The summed E-state index contributed by atoms with van der Waals surface area (Å²) in [6.07, 6.45) is 6.05. The van der Waals surface area contributed by atoms with Gasteiger partial charge in [-0.2, -0.15) is 0 Å². The van der Waals surface area contributed by atoms with Crippen LogP contribution in [0, 0.1) is 11.8 Å². The summed E-state index contributed by atoms with van der Waals surface area (Å²) in [7, 11) is 4.08. The Labute approximate surface area is 225 Å². The number of likely N-dealkylation sites (tertiary alicyclic amines) is 2. The van der Waals surface area contributed by atoms with Crippen LogP contribution in [0.3, 0.4) is 0 Å². The number of hydrogen-bond donors (Lipinski definition) is 0. The maximum Gasteiger partial charge on any atom is 0.0872 e. The molecule has 0 aliphatic carbocycles. The number of ether oxygens (including phenoxy) is 1. The first-order valence-electron chi connectivity index (χ1n) is 13.6. The Bertz CT molecular complexity index is 758. The van der Waals surface area contributed by atoms with Crippen molar-refractivity contribution in [2.75, 3.05) is 20.7 Å². The Hall–Kier alpha value is -1.86. The third-order valence-corrected chi connectivity index (χ3v) is 8.90. The quantitative estimate of drug-likeness (QED) is 0.274. The van der Waals surface area contributed by atoms with Crippen LogP contribution in [0.15, 0.2) is 24.0 Å². The number of aliphatic carboxylic acids is 2. The highest BCUT2D eigenvalue weighted by Gasteiger charge is 2.47. The SMILES string of the molecule is C=COCCCC.CN1C(C)(C)CC(/C(C(=O)[O-])=C(\C(=O)[O-])C2CC(C)(C)N(C)C(C)(C)C2)CC1(C)C. The zero-order valence-electron chi connectivity index (χ0n) is 25.3. The number of rotatable bonds is 8. The lowest BCUT2D eigenvalue weighted by Crippen LogP contribution is -2.60. The van der Waals surface area contributed by atoms with Crippen molar-refractivity contribution in [2.24, 2.45) is 11.8 Å². The van der Waals surface area contributed by atoms with Crippen molar-refractivity contribution >= 4 is 11.9 Å². The number of carbonyl (C=O) groups is 2. The lowest BCUT2D eigenvalue weighted by Gasteiger charge is -2.56. The Kier molecular flexibility index (Phi) is 11.1. The molecule has 2 heterocycles. The molecule has 214 valence electrons. The zero-order chi connectivity index (χ0) is 29.0. The lowest BCUT2D eigenvalue weighted by molar-refractivity contribution is -0.305. The Morgan fingerprint density at radius 3 is 1.30 bits per heavy atom. The average molecular weight is 521 g/mol. The van der Waals surface area contributed by atoms with Crippen molar-refractivity contribution in [2.45, 2.75) is 123 Å². The van der Waals surface area contributed by atoms with Crippen molar-refractivity contribution in [1.29, 1.82) is 0 Å². The second kappa shape index (κ2) is 12.3. The molecule has 0 amide bonds. The second-order valence-electron chi connectivity index (χ2n) is 13.4. The highest BCUT2D eigenvalue weighted by atomic mass is 16.5. The van der Waals surface area contributed by atoms with Crippen LogP contribution in [-0.4, -0.2) is 64.6 Å². The summed E-state index contributed by atoms with van der Waals surface area (Å²) in [6.45, 7) is 23.0. The number of hydrogen-bond acceptors (Lipinski definition) is 7. The number of piperidine rings is 2. The van der Waals surface area contributed by atoms with Crippen LogP contribution in [0.4, 0.5) is 0 Å². The van der Waals surface area contributed by atoms with E-state index < -0.39 is 23.8 Å². The first-order valence-corrected chi connectivity index (χ1v) is 13.6. The van der Waals surface area contributed by atoms with E-state index >= 15 is 0 Å². The minimum Gasteiger partial charge on any atom is -0.545 e. The predicted octanol–water partition coefficient (Wildman–Crippen LogP) is 3.53. The molecule has 0 saturated carbocycles. The van der Waals surface area contributed by atoms with Crippen LogP contribution in [0.1, 0.15) is 101 Å². The Morgan fingerprint density at radius 2 is 1.08 bits per heavy atom. The number of unbranched alkanes of at least 4 members (excludes halogenated alkanes) is 1. The van der Waals surface area contributed by atoms with Crippen molar-refractivity contribution in [3.05, 3.63) is 24.0 Å². The summed E-state index contributed by atoms with van der Waals surface area (Å²) >= 11 is 0. The normalized spacial score (nSPS) is 24.3. The van der Waals surface area contributed by atoms with E-state index in [-0.39, 0.29) is 33.3 Å². The van der Waals surface area contributed by atoms with E-state index in [1.807, 2.05) is 14.1 Å². The van der Waals surface area contributed by atoms with Gasteiger partial charge < -0.3 is 24.5 Å². The topological polar surface area (TPSA) is 96.0 Å². The summed E-state index contributed by atoms with van der Waals surface area (Å²) in [4.78, 5) is 29.3. The molecule has 0 aromatic heterocycles. The van der Waals surface area contributed by atoms with Gasteiger partial charge in [0.05, 0.1) is 24.8 Å². The first-order chi connectivity index (χ1) is 16.7. The fraction of sp³-hybridized carbons (Fsp3) is 0.800. The van der Waals surface area contributed by atoms with Crippen molar-refractivity contribution in [3.63, 3.8) is 0 Å². The van der Waals surface area contributed by atoms with E-state index in [9.17, 15) is 19.8 Å². The molecular weight excluding hydrogens is 468 g/mol. The van der Waals surface area contributed by atoms with Crippen molar-refractivity contribution < 1.29 is 24.5 Å². The van der Waals surface area contributed by atoms with Crippen LogP contribution in [-0.2, 0) is 14.3 Å². The van der Waals surface area contributed by atoms with Crippen LogP contribution in [0.5, 0.6) is 0 Å². The minimum atomic E-state index is -1.37. The van der Waals surface area contributed by atoms with Gasteiger partial charge in [0.1, 0.15) is 0 Å². The molecule has 0 aromatic rings. The van der Waals surface area contributed by atoms with Gasteiger partial charge in [-0.3, -0.25) is 9.80 Å². The lowest BCUT2D eigenvalue weighted by atomic mass is 9.66. The highest BCUT2D eigenvalue weighted by Crippen LogP contribution is 2.47. The van der Waals surface area contributed by atoms with Crippen LogP contribution >= 0.6 is 0 Å². The van der Waals surface area contributed by atoms with Gasteiger partial charge in [-0.05, 0) is 125 Å². The molecule has 0 N–H and O–H groups in total. The Morgan fingerprint density at radius 1 is 0.784 bits per heavy atom. The largest absolute Gasteiger partial charge is 0.545 e. The molecule has 7 heteroatoms. The third-order valence-electron chi connectivity index (χ3n) is 8.90. The summed E-state index contributed by atoms with van der Waals surface area (Å²) in [5.41, 5.74) is -1.17. The Balaban J connectivity index is 0.000000856. The number of nitrogens with zero attached hydrogens (tertiary/aromatic N) is 2. The zero-order valence-corrected chi connectivity index (χ0v) is 25.3. The molecule has 0 atom stereocenters. The van der Waals surface area contributed by atoms with Crippen LogP contribution in [0.25, 0.3) is 0 Å². The minimum absolute atomic E-state index is 0.0506. The molecule has 2 saturated heterocycles. The van der Waals surface area contributed by atoms with Gasteiger partial charge in [-0.1, -0.05) is 19.9 Å². The van der Waals surface area contributed by atoms with Gasteiger partial charge in [-0.25, -0.2) is 0 Å². The van der Waals surface area contributed by atoms with Gasteiger partial charge in [0.2, 0.25) is 0 Å². The fourth-order valence-corrected chi connectivity index (χ4v) is 6.46.